The lowest BCUT2D eigenvalue weighted by Gasteiger charge is -2.27. The second-order valence-corrected chi connectivity index (χ2v) is 7.20. The Hall–Kier alpha value is -4.10. The van der Waals surface area contributed by atoms with Gasteiger partial charge in [0, 0.05) is 17.1 Å². The normalized spacial score (nSPS) is 11.0. The van der Waals surface area contributed by atoms with Crippen molar-refractivity contribution in [3.05, 3.63) is 146 Å². The van der Waals surface area contributed by atoms with Crippen LogP contribution in [0.15, 0.2) is 146 Å². The molecule has 4 rings (SSSR count). The maximum absolute atomic E-state index is 4.05. The third-order valence-electron chi connectivity index (χ3n) is 5.16. The second-order valence-electron chi connectivity index (χ2n) is 7.20. The van der Waals surface area contributed by atoms with Gasteiger partial charge in [0.15, 0.2) is 0 Å². The molecule has 150 valence electrons. The smallest absolute Gasteiger partial charge is 0.0473 e. The molecule has 31 heavy (non-hydrogen) atoms. The highest BCUT2D eigenvalue weighted by atomic mass is 15.1. The Balaban J connectivity index is 1.97. The Bertz CT molecular complexity index is 1130. The van der Waals surface area contributed by atoms with Gasteiger partial charge in [-0.3, -0.25) is 0 Å². The van der Waals surface area contributed by atoms with Crippen molar-refractivity contribution in [3.8, 4) is 22.3 Å². The van der Waals surface area contributed by atoms with Crippen molar-refractivity contribution >= 4 is 11.4 Å². The lowest BCUT2D eigenvalue weighted by atomic mass is 9.97. The van der Waals surface area contributed by atoms with Crippen molar-refractivity contribution in [3.63, 3.8) is 0 Å². The predicted molar refractivity (Wildman–Crippen MR) is 134 cm³/mol. The molecule has 4 aromatic rings. The summed E-state index contributed by atoms with van der Waals surface area (Å²) >= 11 is 0. The fraction of sp³-hybridized carbons (Fsp3) is 0. The average molecular weight is 400 g/mol. The Morgan fingerprint density at radius 2 is 1.03 bits per heavy atom. The summed E-state index contributed by atoms with van der Waals surface area (Å²) < 4.78 is 0. The maximum Gasteiger partial charge on any atom is 0.0473 e. The Morgan fingerprint density at radius 3 is 1.48 bits per heavy atom. The molecular weight excluding hydrogens is 374 g/mol. The molecule has 4 aromatic carbocycles. The molecule has 1 nitrogen and oxygen atoms in total. The summed E-state index contributed by atoms with van der Waals surface area (Å²) in [5.41, 5.74) is 7.80. The van der Waals surface area contributed by atoms with E-state index in [0.717, 1.165) is 17.1 Å². The van der Waals surface area contributed by atoms with Gasteiger partial charge in [-0.25, -0.2) is 0 Å². The molecule has 0 aliphatic carbocycles. The minimum absolute atomic E-state index is 0.963. The van der Waals surface area contributed by atoms with E-state index in [1.54, 1.807) is 6.08 Å². The molecule has 0 aromatic heterocycles. The maximum atomic E-state index is 4.05. The standard InChI is InChI=1S/C30H25N/c1-3-14-28(4-2)31(29-19-12-7-13-20-29)30-22-26(24-15-8-5-9-16-24)21-27(23-30)25-17-10-6-11-18-25/h3-23H,1-2H2/b28-14+. The van der Waals surface area contributed by atoms with E-state index in [0.29, 0.717) is 0 Å². The van der Waals surface area contributed by atoms with Gasteiger partial charge >= 0.3 is 0 Å². The molecular formula is C30H25N. The van der Waals surface area contributed by atoms with E-state index in [2.05, 4.69) is 109 Å². The quantitative estimate of drug-likeness (QED) is 0.282. The highest BCUT2D eigenvalue weighted by molar-refractivity contribution is 5.82. The molecule has 1 heteroatoms. The van der Waals surface area contributed by atoms with Crippen LogP contribution in [0, 0.1) is 0 Å². The molecule has 0 spiro atoms. The Morgan fingerprint density at radius 1 is 0.548 bits per heavy atom. The number of hydrogen-bond acceptors (Lipinski definition) is 1. The van der Waals surface area contributed by atoms with Crippen LogP contribution in [0.3, 0.4) is 0 Å². The second kappa shape index (κ2) is 9.60. The van der Waals surface area contributed by atoms with Crippen LogP contribution in [0.4, 0.5) is 11.4 Å². The molecule has 0 unspecified atom stereocenters. The molecule has 0 amide bonds. The van der Waals surface area contributed by atoms with Crippen molar-refractivity contribution < 1.29 is 0 Å². The van der Waals surface area contributed by atoms with Crippen LogP contribution in [0.5, 0.6) is 0 Å². The van der Waals surface area contributed by atoms with Gasteiger partial charge in [0.05, 0.1) is 0 Å². The molecule has 0 N–H and O–H groups in total. The number of rotatable bonds is 7. The third kappa shape index (κ3) is 4.57. The number of hydrogen-bond donors (Lipinski definition) is 0. The number of nitrogens with zero attached hydrogens (tertiary/aromatic N) is 1. The fourth-order valence-corrected chi connectivity index (χ4v) is 3.71. The van der Waals surface area contributed by atoms with Gasteiger partial charge in [0.2, 0.25) is 0 Å². The molecule has 0 radical (unpaired) electrons. The predicted octanol–water partition coefficient (Wildman–Crippen LogP) is 8.41. The topological polar surface area (TPSA) is 3.24 Å². The van der Waals surface area contributed by atoms with E-state index in [1.807, 2.05) is 30.4 Å². The minimum Gasteiger partial charge on any atom is -0.310 e. The van der Waals surface area contributed by atoms with E-state index >= 15 is 0 Å². The van der Waals surface area contributed by atoms with Crippen LogP contribution in [0.1, 0.15) is 0 Å². The van der Waals surface area contributed by atoms with Gasteiger partial charge < -0.3 is 4.90 Å². The first-order chi connectivity index (χ1) is 15.3. The van der Waals surface area contributed by atoms with E-state index < -0.39 is 0 Å². The third-order valence-corrected chi connectivity index (χ3v) is 5.16. The van der Waals surface area contributed by atoms with Gasteiger partial charge in [0.25, 0.3) is 0 Å². The summed E-state index contributed by atoms with van der Waals surface area (Å²) in [7, 11) is 0. The van der Waals surface area contributed by atoms with Crippen LogP contribution < -0.4 is 4.90 Å². The summed E-state index contributed by atoms with van der Waals surface area (Å²) in [5, 5.41) is 0. The first-order valence-corrected chi connectivity index (χ1v) is 10.4. The van der Waals surface area contributed by atoms with Crippen molar-refractivity contribution in [2.45, 2.75) is 0 Å². The summed E-state index contributed by atoms with van der Waals surface area (Å²) in [5.74, 6) is 0. The van der Waals surface area contributed by atoms with Crippen molar-refractivity contribution in [2.75, 3.05) is 4.90 Å². The highest BCUT2D eigenvalue weighted by Crippen LogP contribution is 2.37. The SMILES string of the molecule is C=C/C=C(\C=C)N(c1ccccc1)c1cc(-c2ccccc2)cc(-c2ccccc2)c1. The number of benzene rings is 4. The summed E-state index contributed by atoms with van der Waals surface area (Å²) in [6, 6.07) is 38.0. The zero-order valence-electron chi connectivity index (χ0n) is 17.5. The van der Waals surface area contributed by atoms with Gasteiger partial charge in [0.1, 0.15) is 0 Å². The fourth-order valence-electron chi connectivity index (χ4n) is 3.71. The molecule has 0 saturated carbocycles. The molecule has 0 aliphatic heterocycles. The summed E-state index contributed by atoms with van der Waals surface area (Å²) in [6.07, 6.45) is 5.65. The zero-order valence-corrected chi connectivity index (χ0v) is 17.5. The molecule has 0 atom stereocenters. The summed E-state index contributed by atoms with van der Waals surface area (Å²) in [4.78, 5) is 2.22. The van der Waals surface area contributed by atoms with Crippen LogP contribution in [-0.2, 0) is 0 Å². The van der Waals surface area contributed by atoms with E-state index in [4.69, 9.17) is 0 Å². The lowest BCUT2D eigenvalue weighted by Crippen LogP contribution is -2.15. The van der Waals surface area contributed by atoms with Crippen molar-refractivity contribution in [1.29, 1.82) is 0 Å². The van der Waals surface area contributed by atoms with Gasteiger partial charge in [-0.05, 0) is 64.7 Å². The number of para-hydroxylation sites is 1. The van der Waals surface area contributed by atoms with E-state index in [1.165, 1.54) is 22.3 Å². The molecule has 0 heterocycles. The van der Waals surface area contributed by atoms with E-state index in [-0.39, 0.29) is 0 Å². The number of anilines is 2. The molecule has 0 saturated heterocycles. The van der Waals surface area contributed by atoms with Gasteiger partial charge in [-0.1, -0.05) is 98.1 Å². The molecule has 0 fully saturated rings. The first-order valence-electron chi connectivity index (χ1n) is 10.4. The average Bonchev–Trinajstić information content (AvgIpc) is 2.85. The van der Waals surface area contributed by atoms with Crippen molar-refractivity contribution in [1.82, 2.24) is 0 Å². The Labute approximate surface area is 184 Å². The zero-order chi connectivity index (χ0) is 21.5. The van der Waals surface area contributed by atoms with Gasteiger partial charge in [-0.15, -0.1) is 0 Å². The largest absolute Gasteiger partial charge is 0.310 e. The highest BCUT2D eigenvalue weighted by Gasteiger charge is 2.15. The van der Waals surface area contributed by atoms with Crippen LogP contribution in [-0.4, -0.2) is 0 Å². The number of allylic oxidation sites excluding steroid dienone is 3. The van der Waals surface area contributed by atoms with Crippen molar-refractivity contribution in [2.24, 2.45) is 0 Å². The first kappa shape index (κ1) is 20.2. The summed E-state index contributed by atoms with van der Waals surface area (Å²) in [6.45, 7) is 7.95. The Kier molecular flexibility index (Phi) is 6.25. The van der Waals surface area contributed by atoms with E-state index in [9.17, 15) is 0 Å². The molecule has 0 aliphatic rings. The van der Waals surface area contributed by atoms with Crippen LogP contribution in [0.2, 0.25) is 0 Å². The van der Waals surface area contributed by atoms with Gasteiger partial charge in [-0.2, -0.15) is 0 Å². The minimum atomic E-state index is 0.963. The molecule has 0 bridgehead atoms. The lowest BCUT2D eigenvalue weighted by molar-refractivity contribution is 1.21. The monoisotopic (exact) mass is 399 g/mol. The van der Waals surface area contributed by atoms with Crippen LogP contribution in [0.25, 0.3) is 22.3 Å². The van der Waals surface area contributed by atoms with Crippen LogP contribution >= 0.6 is 0 Å².